The van der Waals surface area contributed by atoms with Crippen molar-refractivity contribution in [3.05, 3.63) is 32.0 Å². The molecule has 1 saturated heterocycles. The van der Waals surface area contributed by atoms with Crippen LogP contribution in [0.5, 0.6) is 0 Å². The number of nitrogens with zero attached hydrogens (tertiary/aromatic N) is 1. The van der Waals surface area contributed by atoms with Gasteiger partial charge in [-0.3, -0.25) is 5.32 Å². The van der Waals surface area contributed by atoms with Crippen LogP contribution in [0.3, 0.4) is 0 Å². The number of esters is 1. The van der Waals surface area contributed by atoms with E-state index in [1.54, 1.807) is 0 Å². The van der Waals surface area contributed by atoms with Gasteiger partial charge in [-0.25, -0.2) is 9.59 Å². The van der Waals surface area contributed by atoms with Gasteiger partial charge in [-0.1, -0.05) is 0 Å². The number of aryl methyl sites for hydroxylation is 1. The predicted molar refractivity (Wildman–Crippen MR) is 143 cm³/mol. The van der Waals surface area contributed by atoms with Gasteiger partial charge in [-0.05, 0) is 83.4 Å². The maximum absolute atomic E-state index is 13.1. The zero-order valence-electron chi connectivity index (χ0n) is 21.0. The van der Waals surface area contributed by atoms with Gasteiger partial charge in [0.2, 0.25) is 0 Å². The quantitative estimate of drug-likeness (QED) is 0.475. The second-order valence-electron chi connectivity index (χ2n) is 10.6. The summed E-state index contributed by atoms with van der Waals surface area (Å²) in [5, 5.41) is 11.5. The third kappa shape index (κ3) is 5.37. The molecule has 2 aromatic rings. The number of hydrogen-bond donors (Lipinski definition) is 3. The van der Waals surface area contributed by atoms with Crippen molar-refractivity contribution in [3.8, 4) is 0 Å². The van der Waals surface area contributed by atoms with Gasteiger partial charge < -0.3 is 20.3 Å². The fourth-order valence-electron chi connectivity index (χ4n) is 5.26. The Labute approximate surface area is 215 Å². The Hall–Kier alpha value is -2.10. The van der Waals surface area contributed by atoms with Crippen LogP contribution in [0, 0.1) is 0 Å². The Balaban J connectivity index is 1.34. The molecule has 0 aromatic carbocycles. The van der Waals surface area contributed by atoms with E-state index >= 15 is 0 Å². The van der Waals surface area contributed by atoms with Crippen LogP contribution in [-0.2, 0) is 37.1 Å². The van der Waals surface area contributed by atoms with Crippen molar-refractivity contribution in [2.24, 2.45) is 0 Å². The molecule has 7 nitrogen and oxygen atoms in total. The molecule has 5 rings (SSSR count). The Morgan fingerprint density at radius 2 is 1.77 bits per heavy atom. The Bertz CT molecular complexity index is 1110. The molecule has 4 heterocycles. The molecule has 0 radical (unpaired) electrons. The minimum absolute atomic E-state index is 0.269. The molecule has 9 heteroatoms. The number of anilines is 2. The lowest BCUT2D eigenvalue weighted by atomic mass is 9.95. The average Bonchev–Trinajstić information content (AvgIpc) is 3.53. The van der Waals surface area contributed by atoms with Crippen LogP contribution in [-0.4, -0.2) is 37.2 Å². The molecule has 0 atom stereocenters. The van der Waals surface area contributed by atoms with Gasteiger partial charge in [0.05, 0.1) is 10.6 Å². The molecule has 1 aliphatic carbocycles. The highest BCUT2D eigenvalue weighted by atomic mass is 32.1. The molecule has 3 N–H and O–H groups in total. The SMILES string of the molecule is CC(C)(C)OC(=O)c1c(NC(=O)NCc2c(N3CCCC3)sc3c2CCNC3)sc2c1CCCC2. The van der Waals surface area contributed by atoms with Gasteiger partial charge in [-0.2, -0.15) is 0 Å². The summed E-state index contributed by atoms with van der Waals surface area (Å²) in [6.45, 7) is 10.2. The molecule has 2 amide bonds. The highest BCUT2D eigenvalue weighted by Crippen LogP contribution is 2.40. The first-order valence-corrected chi connectivity index (χ1v) is 14.5. The predicted octanol–water partition coefficient (Wildman–Crippen LogP) is 5.21. The van der Waals surface area contributed by atoms with Crippen molar-refractivity contribution >= 4 is 44.7 Å². The number of ether oxygens (including phenoxy) is 1. The number of nitrogens with one attached hydrogen (secondary N) is 3. The van der Waals surface area contributed by atoms with Crippen LogP contribution in [0.25, 0.3) is 0 Å². The summed E-state index contributed by atoms with van der Waals surface area (Å²) < 4.78 is 5.71. The first-order chi connectivity index (χ1) is 16.8. The molecule has 35 heavy (non-hydrogen) atoms. The first kappa shape index (κ1) is 24.6. The highest BCUT2D eigenvalue weighted by molar-refractivity contribution is 7.17. The zero-order valence-corrected chi connectivity index (χ0v) is 22.6. The lowest BCUT2D eigenvalue weighted by Crippen LogP contribution is -2.31. The van der Waals surface area contributed by atoms with Crippen LogP contribution < -0.4 is 20.9 Å². The Kier molecular flexibility index (Phi) is 7.10. The molecule has 2 aromatic heterocycles. The van der Waals surface area contributed by atoms with E-state index in [1.807, 2.05) is 32.1 Å². The highest BCUT2D eigenvalue weighted by Gasteiger charge is 2.30. The Morgan fingerprint density at radius 1 is 1.00 bits per heavy atom. The van der Waals surface area contributed by atoms with Gasteiger partial charge in [0, 0.05) is 41.5 Å². The van der Waals surface area contributed by atoms with E-state index in [0.717, 1.165) is 63.8 Å². The summed E-state index contributed by atoms with van der Waals surface area (Å²) in [6, 6.07) is -0.269. The van der Waals surface area contributed by atoms with Gasteiger partial charge >= 0.3 is 12.0 Å². The number of rotatable bonds is 5. The largest absolute Gasteiger partial charge is 0.456 e. The summed E-state index contributed by atoms with van der Waals surface area (Å²) in [6.07, 6.45) is 7.44. The molecule has 1 fully saturated rings. The minimum atomic E-state index is -0.584. The molecular weight excluding hydrogens is 480 g/mol. The van der Waals surface area contributed by atoms with Crippen molar-refractivity contribution in [3.63, 3.8) is 0 Å². The van der Waals surface area contributed by atoms with E-state index in [2.05, 4.69) is 20.9 Å². The van der Waals surface area contributed by atoms with Crippen LogP contribution in [0.15, 0.2) is 0 Å². The minimum Gasteiger partial charge on any atom is -0.456 e. The summed E-state index contributed by atoms with van der Waals surface area (Å²) in [7, 11) is 0. The maximum atomic E-state index is 13.1. The third-order valence-corrected chi connectivity index (χ3v) is 9.38. The van der Waals surface area contributed by atoms with Crippen molar-refractivity contribution in [1.82, 2.24) is 10.6 Å². The molecule has 190 valence electrons. The van der Waals surface area contributed by atoms with Crippen molar-refractivity contribution < 1.29 is 14.3 Å². The number of carbonyl (C=O) groups excluding carboxylic acids is 2. The summed E-state index contributed by atoms with van der Waals surface area (Å²) in [5.41, 5.74) is 3.69. The maximum Gasteiger partial charge on any atom is 0.341 e. The average molecular weight is 517 g/mol. The van der Waals surface area contributed by atoms with Crippen LogP contribution in [0.4, 0.5) is 14.8 Å². The molecular formula is C26H36N4O3S2. The monoisotopic (exact) mass is 516 g/mol. The fourth-order valence-corrected chi connectivity index (χ4v) is 7.92. The van der Waals surface area contributed by atoms with E-state index < -0.39 is 5.60 Å². The number of hydrogen-bond acceptors (Lipinski definition) is 7. The van der Waals surface area contributed by atoms with Gasteiger partial charge in [-0.15, -0.1) is 22.7 Å². The summed E-state index contributed by atoms with van der Waals surface area (Å²) >= 11 is 3.40. The van der Waals surface area contributed by atoms with Crippen LogP contribution in [0.2, 0.25) is 0 Å². The first-order valence-electron chi connectivity index (χ1n) is 12.8. The van der Waals surface area contributed by atoms with Crippen molar-refractivity contribution in [2.75, 3.05) is 29.9 Å². The summed E-state index contributed by atoms with van der Waals surface area (Å²) in [5.74, 6) is -0.345. The number of fused-ring (bicyclic) bond motifs is 2. The molecule has 0 saturated carbocycles. The molecule has 3 aliphatic rings. The second-order valence-corrected chi connectivity index (χ2v) is 12.8. The Morgan fingerprint density at radius 3 is 2.54 bits per heavy atom. The number of thiophene rings is 2. The zero-order chi connectivity index (χ0) is 24.6. The standard InChI is InChI=1S/C26H36N4O3S2/c1-26(2,3)33-24(31)21-17-8-4-5-9-19(17)34-22(21)29-25(32)28-14-18-16-10-11-27-15-20(16)35-23(18)30-12-6-7-13-30/h27H,4-15H2,1-3H3,(H2,28,29,32). The summed E-state index contributed by atoms with van der Waals surface area (Å²) in [4.78, 5) is 31.3. The van der Waals surface area contributed by atoms with Gasteiger partial charge in [0.1, 0.15) is 10.6 Å². The lowest BCUT2D eigenvalue weighted by Gasteiger charge is -2.21. The van der Waals surface area contributed by atoms with E-state index in [0.29, 0.717) is 17.1 Å². The van der Waals surface area contributed by atoms with Crippen molar-refractivity contribution in [1.29, 1.82) is 0 Å². The van der Waals surface area contributed by atoms with Crippen LogP contribution in [0.1, 0.15) is 83.3 Å². The van der Waals surface area contributed by atoms with Gasteiger partial charge in [0.15, 0.2) is 0 Å². The van der Waals surface area contributed by atoms with E-state index in [-0.39, 0.29) is 12.0 Å². The number of carbonyl (C=O) groups is 2. The van der Waals surface area contributed by atoms with E-state index in [4.69, 9.17) is 4.74 Å². The third-order valence-electron chi connectivity index (χ3n) is 6.84. The van der Waals surface area contributed by atoms with E-state index in [1.165, 1.54) is 50.1 Å². The number of urea groups is 1. The van der Waals surface area contributed by atoms with Gasteiger partial charge in [0.25, 0.3) is 0 Å². The van der Waals surface area contributed by atoms with Crippen molar-refractivity contribution in [2.45, 2.75) is 84.4 Å². The molecule has 2 aliphatic heterocycles. The normalized spacial score (nSPS) is 17.6. The van der Waals surface area contributed by atoms with Crippen LogP contribution >= 0.6 is 22.7 Å². The molecule has 0 spiro atoms. The lowest BCUT2D eigenvalue weighted by molar-refractivity contribution is 0.00699. The topological polar surface area (TPSA) is 82.7 Å². The number of amides is 2. The fraction of sp³-hybridized carbons (Fsp3) is 0.615. The smallest absolute Gasteiger partial charge is 0.341 e. The van der Waals surface area contributed by atoms with E-state index in [9.17, 15) is 9.59 Å². The second kappa shape index (κ2) is 10.1. The molecule has 0 unspecified atom stereocenters. The molecule has 0 bridgehead atoms.